The number of urea groups is 1. The quantitative estimate of drug-likeness (QED) is 0.805. The number of benzene rings is 2. The van der Waals surface area contributed by atoms with Gasteiger partial charge in [0.05, 0.1) is 12.5 Å². The van der Waals surface area contributed by atoms with Crippen LogP contribution >= 0.6 is 0 Å². The van der Waals surface area contributed by atoms with E-state index in [2.05, 4.69) is 5.32 Å². The first-order valence-corrected chi connectivity index (χ1v) is 8.15. The van der Waals surface area contributed by atoms with Gasteiger partial charge < -0.3 is 9.47 Å². The maximum atomic E-state index is 12.0. The molecule has 4 amide bonds. The van der Waals surface area contributed by atoms with Gasteiger partial charge in [-0.2, -0.15) is 0 Å². The van der Waals surface area contributed by atoms with Gasteiger partial charge in [0.2, 0.25) is 12.3 Å². The zero-order valence-corrected chi connectivity index (χ0v) is 14.2. The molecule has 1 unspecified atom stereocenters. The first kappa shape index (κ1) is 17.5. The number of rotatable bonds is 5. The molecule has 0 aromatic heterocycles. The number of nitrogens with one attached hydrogen (secondary N) is 2. The maximum Gasteiger partial charge on any atom is 0.327 e. The van der Waals surface area contributed by atoms with Crippen LogP contribution in [0.3, 0.4) is 0 Å². The van der Waals surface area contributed by atoms with Gasteiger partial charge in [-0.3, -0.25) is 20.2 Å². The molecule has 26 heavy (non-hydrogen) atoms. The van der Waals surface area contributed by atoms with Crippen LogP contribution in [-0.2, 0) is 16.0 Å². The Morgan fingerprint density at radius 3 is 2.62 bits per heavy atom. The third kappa shape index (κ3) is 4.00. The number of fused-ring (bicyclic) bond motifs is 1. The summed E-state index contributed by atoms with van der Waals surface area (Å²) in [6, 6.07) is 11.9. The van der Waals surface area contributed by atoms with Gasteiger partial charge in [0, 0.05) is 12.0 Å². The van der Waals surface area contributed by atoms with E-state index in [-0.39, 0.29) is 6.41 Å². The number of hydrogen-bond acceptors (Lipinski definition) is 5. The third-order valence-electron chi connectivity index (χ3n) is 4.10. The number of ether oxygens (including phenoxy) is 2. The number of carbonyl (C=O) groups is 3. The lowest BCUT2D eigenvalue weighted by Gasteiger charge is -2.12. The van der Waals surface area contributed by atoms with E-state index in [9.17, 15) is 14.4 Å². The molecule has 7 nitrogen and oxygen atoms in total. The van der Waals surface area contributed by atoms with Crippen LogP contribution in [0.1, 0.15) is 24.0 Å². The average molecular weight is 354 g/mol. The molecule has 0 saturated heterocycles. The Morgan fingerprint density at radius 2 is 1.88 bits per heavy atom. The molecule has 1 aliphatic heterocycles. The minimum atomic E-state index is -0.850. The van der Waals surface area contributed by atoms with Crippen LogP contribution in [0.2, 0.25) is 0 Å². The first-order chi connectivity index (χ1) is 12.6. The molecule has 0 saturated carbocycles. The van der Waals surface area contributed by atoms with E-state index in [4.69, 9.17) is 9.47 Å². The fraction of sp³-hybridized carbons (Fsp3) is 0.211. The molecule has 1 heterocycles. The van der Waals surface area contributed by atoms with Crippen LogP contribution in [0.15, 0.2) is 42.5 Å². The Hall–Kier alpha value is -3.35. The van der Waals surface area contributed by atoms with Crippen molar-refractivity contribution in [3.05, 3.63) is 53.6 Å². The van der Waals surface area contributed by atoms with Crippen molar-refractivity contribution in [3.63, 3.8) is 0 Å². The summed E-state index contributed by atoms with van der Waals surface area (Å²) in [6.45, 7) is 2.36. The molecule has 7 heteroatoms. The molecule has 0 aliphatic carbocycles. The highest BCUT2D eigenvalue weighted by molar-refractivity contribution is 6.00. The zero-order valence-electron chi connectivity index (χ0n) is 14.2. The summed E-state index contributed by atoms with van der Waals surface area (Å²) in [5.41, 5.74) is 1.84. The molecule has 0 radical (unpaired) electrons. The predicted molar refractivity (Wildman–Crippen MR) is 93.3 cm³/mol. The molecule has 1 atom stereocenters. The fourth-order valence-electron chi connectivity index (χ4n) is 2.65. The molecule has 0 bridgehead atoms. The number of hydrogen-bond donors (Lipinski definition) is 2. The highest BCUT2D eigenvalue weighted by Gasteiger charge is 2.18. The van der Waals surface area contributed by atoms with Gasteiger partial charge in [0.15, 0.2) is 0 Å². The normalized spacial score (nSPS) is 13.1. The number of imide groups is 2. The largest absolute Gasteiger partial charge is 0.493 e. The Bertz CT molecular complexity index is 832. The predicted octanol–water partition coefficient (Wildman–Crippen LogP) is 2.50. The summed E-state index contributed by atoms with van der Waals surface area (Å²) in [7, 11) is 0. The van der Waals surface area contributed by atoms with Crippen molar-refractivity contribution >= 4 is 18.3 Å². The van der Waals surface area contributed by atoms with E-state index in [1.165, 1.54) is 0 Å². The van der Waals surface area contributed by atoms with Crippen molar-refractivity contribution in [3.8, 4) is 17.2 Å². The summed E-state index contributed by atoms with van der Waals surface area (Å²) in [5.74, 6) is 1.19. The van der Waals surface area contributed by atoms with Crippen molar-refractivity contribution in [2.45, 2.75) is 19.3 Å². The molecule has 2 N–H and O–H groups in total. The highest BCUT2D eigenvalue weighted by Crippen LogP contribution is 2.31. The van der Waals surface area contributed by atoms with E-state index >= 15 is 0 Å². The first-order valence-electron chi connectivity index (χ1n) is 8.15. The molecule has 3 rings (SSSR count). The minimum absolute atomic E-state index is 0.213. The van der Waals surface area contributed by atoms with E-state index < -0.39 is 17.9 Å². The van der Waals surface area contributed by atoms with Gasteiger partial charge in [-0.1, -0.05) is 12.1 Å². The van der Waals surface area contributed by atoms with Crippen LogP contribution < -0.4 is 20.1 Å². The van der Waals surface area contributed by atoms with E-state index in [0.29, 0.717) is 12.4 Å². The second-order valence-electron chi connectivity index (χ2n) is 5.84. The van der Waals surface area contributed by atoms with E-state index in [1.54, 1.807) is 31.2 Å². The van der Waals surface area contributed by atoms with Crippen LogP contribution in [0.5, 0.6) is 17.2 Å². The fourth-order valence-corrected chi connectivity index (χ4v) is 2.65. The second-order valence-corrected chi connectivity index (χ2v) is 5.84. The summed E-state index contributed by atoms with van der Waals surface area (Å²) in [4.78, 5) is 33.4. The summed E-state index contributed by atoms with van der Waals surface area (Å²) < 4.78 is 11.3. The Labute approximate surface area is 150 Å². The Morgan fingerprint density at radius 1 is 1.15 bits per heavy atom. The summed E-state index contributed by atoms with van der Waals surface area (Å²) in [6.07, 6.45) is 1.08. The van der Waals surface area contributed by atoms with E-state index in [0.717, 1.165) is 29.0 Å². The average Bonchev–Trinajstić information content (AvgIpc) is 3.09. The van der Waals surface area contributed by atoms with Crippen molar-refractivity contribution in [1.29, 1.82) is 0 Å². The molecule has 0 fully saturated rings. The summed E-state index contributed by atoms with van der Waals surface area (Å²) >= 11 is 0. The Balaban J connectivity index is 1.63. The molecule has 134 valence electrons. The van der Waals surface area contributed by atoms with E-state index in [1.807, 2.05) is 23.5 Å². The smallest absolute Gasteiger partial charge is 0.327 e. The van der Waals surface area contributed by atoms with Gasteiger partial charge in [0.1, 0.15) is 17.2 Å². The summed E-state index contributed by atoms with van der Waals surface area (Å²) in [5, 5.41) is 3.95. The van der Waals surface area contributed by atoms with Gasteiger partial charge in [-0.25, -0.2) is 4.79 Å². The van der Waals surface area contributed by atoms with Gasteiger partial charge >= 0.3 is 6.03 Å². The monoisotopic (exact) mass is 354 g/mol. The van der Waals surface area contributed by atoms with Gasteiger partial charge in [-0.15, -0.1) is 0 Å². The molecule has 1 aliphatic rings. The van der Waals surface area contributed by atoms with Crippen LogP contribution in [-0.4, -0.2) is 25.0 Å². The number of amides is 4. The molecule has 2 aromatic rings. The number of carbonyl (C=O) groups excluding carboxylic acids is 3. The SMILES string of the molecule is CC(C(=O)NC(=O)NC=O)c1ccc(Oc2ccc3c(c2)CCO3)cc1. The lowest BCUT2D eigenvalue weighted by molar-refractivity contribution is -0.121. The lowest BCUT2D eigenvalue weighted by atomic mass is 10.0. The molecular weight excluding hydrogens is 336 g/mol. The van der Waals surface area contributed by atoms with Crippen LogP contribution in [0, 0.1) is 0 Å². The standard InChI is InChI=1S/C19H18N2O5/c1-12(18(23)21-19(24)20-11-22)13-2-4-15(5-3-13)26-16-6-7-17-14(10-16)8-9-25-17/h2-7,10-12H,8-9H2,1H3,(H2,20,21,22,23,24). The van der Waals surface area contributed by atoms with Crippen molar-refractivity contribution in [2.24, 2.45) is 0 Å². The van der Waals surface area contributed by atoms with Crippen molar-refractivity contribution in [2.75, 3.05) is 6.61 Å². The highest BCUT2D eigenvalue weighted by atomic mass is 16.5. The topological polar surface area (TPSA) is 93.7 Å². The second kappa shape index (κ2) is 7.69. The van der Waals surface area contributed by atoms with Crippen molar-refractivity contribution in [1.82, 2.24) is 10.6 Å². The van der Waals surface area contributed by atoms with Gasteiger partial charge in [-0.05, 0) is 42.8 Å². The maximum absolute atomic E-state index is 12.0. The molecular formula is C19H18N2O5. The van der Waals surface area contributed by atoms with Crippen molar-refractivity contribution < 1.29 is 23.9 Å². The van der Waals surface area contributed by atoms with Gasteiger partial charge in [0.25, 0.3) is 0 Å². The van der Waals surface area contributed by atoms with Crippen LogP contribution in [0.25, 0.3) is 0 Å². The third-order valence-corrected chi connectivity index (χ3v) is 4.10. The molecule has 0 spiro atoms. The minimum Gasteiger partial charge on any atom is -0.493 e. The van der Waals surface area contributed by atoms with Crippen LogP contribution in [0.4, 0.5) is 4.79 Å². The lowest BCUT2D eigenvalue weighted by Crippen LogP contribution is -2.40. The Kier molecular flexibility index (Phi) is 5.17. The zero-order chi connectivity index (χ0) is 18.5. The molecule has 2 aromatic carbocycles.